The number of pyridine rings is 1. The second kappa shape index (κ2) is 8.78. The summed E-state index contributed by atoms with van der Waals surface area (Å²) in [6, 6.07) is 21.0. The minimum absolute atomic E-state index is 0.0587. The van der Waals surface area contributed by atoms with Gasteiger partial charge in [-0.2, -0.15) is 0 Å². The number of nitrogens with zero attached hydrogens (tertiary/aromatic N) is 2. The van der Waals surface area contributed by atoms with Crippen LogP contribution in [0.2, 0.25) is 0 Å². The fourth-order valence-corrected chi connectivity index (χ4v) is 3.56. The predicted molar refractivity (Wildman–Crippen MR) is 115 cm³/mol. The van der Waals surface area contributed by atoms with Gasteiger partial charge in [-0.1, -0.05) is 37.3 Å². The average Bonchev–Trinajstić information content (AvgIpc) is 2.76. The molecule has 0 saturated carbocycles. The standard InChI is InChI=1S/C24H25N3O2/c1-18-8-7-15-27(17-18)24(28)19-13-14-23(25-16-19)26-21-11-5-6-12-22(21)29-20-9-3-2-4-10-20/h2-6,9-14,16,18H,7-8,15,17H2,1H3,(H,25,26). The van der Waals surface area contributed by atoms with Gasteiger partial charge in [0.05, 0.1) is 11.3 Å². The monoisotopic (exact) mass is 387 g/mol. The van der Waals surface area contributed by atoms with Crippen LogP contribution in [-0.4, -0.2) is 28.9 Å². The van der Waals surface area contributed by atoms with E-state index in [0.717, 1.165) is 30.9 Å². The van der Waals surface area contributed by atoms with E-state index in [9.17, 15) is 4.79 Å². The van der Waals surface area contributed by atoms with E-state index in [0.29, 0.717) is 23.0 Å². The van der Waals surface area contributed by atoms with E-state index in [4.69, 9.17) is 4.74 Å². The van der Waals surface area contributed by atoms with Crippen LogP contribution in [0.25, 0.3) is 0 Å². The molecule has 4 rings (SSSR count). The Labute approximate surface area is 171 Å². The highest BCUT2D eigenvalue weighted by molar-refractivity contribution is 5.94. The van der Waals surface area contributed by atoms with Gasteiger partial charge in [-0.25, -0.2) is 4.98 Å². The van der Waals surface area contributed by atoms with E-state index in [1.807, 2.05) is 71.6 Å². The lowest BCUT2D eigenvalue weighted by atomic mass is 10.00. The number of aromatic nitrogens is 1. The van der Waals surface area contributed by atoms with Gasteiger partial charge in [-0.15, -0.1) is 0 Å². The second-order valence-electron chi connectivity index (χ2n) is 7.47. The van der Waals surface area contributed by atoms with E-state index in [1.54, 1.807) is 6.20 Å². The van der Waals surface area contributed by atoms with Gasteiger partial charge in [0.25, 0.3) is 5.91 Å². The van der Waals surface area contributed by atoms with Crippen molar-refractivity contribution in [2.45, 2.75) is 19.8 Å². The van der Waals surface area contributed by atoms with Crippen LogP contribution in [0.1, 0.15) is 30.1 Å². The Balaban J connectivity index is 1.46. The molecule has 1 amide bonds. The van der Waals surface area contributed by atoms with Gasteiger partial charge in [0.1, 0.15) is 11.6 Å². The summed E-state index contributed by atoms with van der Waals surface area (Å²) < 4.78 is 5.98. The van der Waals surface area contributed by atoms with E-state index >= 15 is 0 Å². The highest BCUT2D eigenvalue weighted by Crippen LogP contribution is 2.31. The molecule has 0 radical (unpaired) electrons. The molecule has 148 valence electrons. The number of carbonyl (C=O) groups excluding carboxylic acids is 1. The third-order valence-corrected chi connectivity index (χ3v) is 5.08. The maximum absolute atomic E-state index is 12.7. The largest absolute Gasteiger partial charge is 0.455 e. The molecule has 0 bridgehead atoms. The van der Waals surface area contributed by atoms with E-state index in [2.05, 4.69) is 17.2 Å². The molecular weight excluding hydrogens is 362 g/mol. The van der Waals surface area contributed by atoms with Gasteiger partial charge < -0.3 is 15.0 Å². The lowest BCUT2D eigenvalue weighted by Gasteiger charge is -2.30. The first kappa shape index (κ1) is 19.0. The highest BCUT2D eigenvalue weighted by atomic mass is 16.5. The SMILES string of the molecule is CC1CCCN(C(=O)c2ccc(Nc3ccccc3Oc3ccccc3)nc2)C1. The molecule has 2 aromatic carbocycles. The van der Waals surface area contributed by atoms with Crippen molar-refractivity contribution in [1.82, 2.24) is 9.88 Å². The Morgan fingerprint density at radius 3 is 2.62 bits per heavy atom. The number of rotatable bonds is 5. The van der Waals surface area contributed by atoms with Crippen molar-refractivity contribution in [2.75, 3.05) is 18.4 Å². The Morgan fingerprint density at radius 2 is 1.86 bits per heavy atom. The first-order valence-corrected chi connectivity index (χ1v) is 10.0. The summed E-state index contributed by atoms with van der Waals surface area (Å²) >= 11 is 0. The molecule has 1 aromatic heterocycles. The summed E-state index contributed by atoms with van der Waals surface area (Å²) in [5.41, 5.74) is 1.44. The number of anilines is 2. The first-order valence-electron chi connectivity index (χ1n) is 10.0. The highest BCUT2D eigenvalue weighted by Gasteiger charge is 2.22. The molecule has 29 heavy (non-hydrogen) atoms. The lowest BCUT2D eigenvalue weighted by Crippen LogP contribution is -2.39. The summed E-state index contributed by atoms with van der Waals surface area (Å²) in [5, 5.41) is 3.28. The summed E-state index contributed by atoms with van der Waals surface area (Å²) in [4.78, 5) is 19.1. The molecule has 1 aliphatic rings. The van der Waals surface area contributed by atoms with Crippen LogP contribution in [0.15, 0.2) is 72.9 Å². The van der Waals surface area contributed by atoms with Crippen molar-refractivity contribution >= 4 is 17.4 Å². The van der Waals surface area contributed by atoms with Crippen molar-refractivity contribution in [3.63, 3.8) is 0 Å². The fraction of sp³-hybridized carbons (Fsp3) is 0.250. The number of para-hydroxylation sites is 3. The van der Waals surface area contributed by atoms with Gasteiger partial charge in [0.2, 0.25) is 0 Å². The number of hydrogen-bond donors (Lipinski definition) is 1. The molecule has 2 heterocycles. The molecule has 1 unspecified atom stereocenters. The van der Waals surface area contributed by atoms with Gasteiger partial charge in [0, 0.05) is 19.3 Å². The zero-order valence-electron chi connectivity index (χ0n) is 16.5. The van der Waals surface area contributed by atoms with Crippen molar-refractivity contribution in [3.05, 3.63) is 78.5 Å². The molecule has 0 spiro atoms. The molecule has 1 N–H and O–H groups in total. The van der Waals surface area contributed by atoms with Crippen LogP contribution in [0, 0.1) is 5.92 Å². The number of nitrogens with one attached hydrogen (secondary N) is 1. The Morgan fingerprint density at radius 1 is 1.07 bits per heavy atom. The van der Waals surface area contributed by atoms with Crippen molar-refractivity contribution < 1.29 is 9.53 Å². The van der Waals surface area contributed by atoms with Gasteiger partial charge in [-0.3, -0.25) is 4.79 Å². The van der Waals surface area contributed by atoms with Gasteiger partial charge >= 0.3 is 0 Å². The number of amides is 1. The average molecular weight is 387 g/mol. The Kier molecular flexibility index (Phi) is 5.75. The third kappa shape index (κ3) is 4.74. The third-order valence-electron chi connectivity index (χ3n) is 5.08. The van der Waals surface area contributed by atoms with Crippen LogP contribution in [-0.2, 0) is 0 Å². The predicted octanol–water partition coefficient (Wildman–Crippen LogP) is 5.49. The van der Waals surface area contributed by atoms with E-state index in [-0.39, 0.29) is 5.91 Å². The zero-order valence-corrected chi connectivity index (χ0v) is 16.5. The lowest BCUT2D eigenvalue weighted by molar-refractivity contribution is 0.0682. The summed E-state index contributed by atoms with van der Waals surface area (Å²) in [6.07, 6.45) is 3.90. The first-order chi connectivity index (χ1) is 14.2. The molecule has 0 aliphatic carbocycles. The maximum atomic E-state index is 12.7. The second-order valence-corrected chi connectivity index (χ2v) is 7.47. The molecule has 1 aliphatic heterocycles. The van der Waals surface area contributed by atoms with Crippen LogP contribution in [0.5, 0.6) is 11.5 Å². The van der Waals surface area contributed by atoms with E-state index < -0.39 is 0 Å². The van der Waals surface area contributed by atoms with Crippen molar-refractivity contribution in [1.29, 1.82) is 0 Å². The molecule has 1 saturated heterocycles. The number of benzene rings is 2. The van der Waals surface area contributed by atoms with Gasteiger partial charge in [-0.05, 0) is 55.2 Å². The zero-order chi connectivity index (χ0) is 20.1. The maximum Gasteiger partial charge on any atom is 0.255 e. The molecule has 1 fully saturated rings. The van der Waals surface area contributed by atoms with Crippen LogP contribution in [0.4, 0.5) is 11.5 Å². The number of likely N-dealkylation sites (tertiary alicyclic amines) is 1. The number of carbonyl (C=O) groups is 1. The minimum atomic E-state index is 0.0587. The van der Waals surface area contributed by atoms with Crippen LogP contribution < -0.4 is 10.1 Å². The van der Waals surface area contributed by atoms with Crippen LogP contribution >= 0.6 is 0 Å². The quantitative estimate of drug-likeness (QED) is 0.629. The van der Waals surface area contributed by atoms with Crippen molar-refractivity contribution in [3.8, 4) is 11.5 Å². The number of ether oxygens (including phenoxy) is 1. The molecule has 1 atom stereocenters. The number of piperidine rings is 1. The smallest absolute Gasteiger partial charge is 0.255 e. The topological polar surface area (TPSA) is 54.5 Å². The summed E-state index contributed by atoms with van der Waals surface area (Å²) in [7, 11) is 0. The summed E-state index contributed by atoms with van der Waals surface area (Å²) in [5.74, 6) is 2.76. The minimum Gasteiger partial charge on any atom is -0.455 e. The van der Waals surface area contributed by atoms with Gasteiger partial charge in [0.15, 0.2) is 5.75 Å². The number of hydrogen-bond acceptors (Lipinski definition) is 4. The van der Waals surface area contributed by atoms with E-state index in [1.165, 1.54) is 6.42 Å². The fourth-order valence-electron chi connectivity index (χ4n) is 3.56. The summed E-state index contributed by atoms with van der Waals surface area (Å²) in [6.45, 7) is 3.84. The Hall–Kier alpha value is -3.34. The van der Waals surface area contributed by atoms with Crippen LogP contribution in [0.3, 0.4) is 0 Å². The Bertz CT molecular complexity index is 957. The molecular formula is C24H25N3O2. The van der Waals surface area contributed by atoms with Crippen molar-refractivity contribution in [2.24, 2.45) is 5.92 Å². The molecule has 5 nitrogen and oxygen atoms in total. The normalized spacial score (nSPS) is 16.3. The molecule has 3 aromatic rings. The molecule has 5 heteroatoms.